The van der Waals surface area contributed by atoms with Gasteiger partial charge in [-0.3, -0.25) is 4.57 Å². The molecule has 2 N–H and O–H groups in total. The van der Waals surface area contributed by atoms with Gasteiger partial charge >= 0.3 is 5.69 Å². The summed E-state index contributed by atoms with van der Waals surface area (Å²) in [4.78, 5) is 15.0. The lowest BCUT2D eigenvalue weighted by Crippen LogP contribution is -2.27. The smallest absolute Gasteiger partial charge is 0.351 e. The monoisotopic (exact) mass is 229 g/mol. The van der Waals surface area contributed by atoms with E-state index in [1.165, 1.54) is 23.9 Å². The second kappa shape index (κ2) is 4.18. The number of ether oxygens (including phenoxy) is 2. The lowest BCUT2D eigenvalue weighted by atomic mass is 10.3. The van der Waals surface area contributed by atoms with Crippen molar-refractivity contribution in [2.75, 3.05) is 12.8 Å². The molecule has 2 rings (SSSR count). The molecule has 6 nitrogen and oxygen atoms in total. The first-order valence-corrected chi connectivity index (χ1v) is 4.79. The summed E-state index contributed by atoms with van der Waals surface area (Å²) in [6.07, 6.45) is -1.39. The fourth-order valence-corrected chi connectivity index (χ4v) is 1.63. The third-order valence-electron chi connectivity index (χ3n) is 2.41. The summed E-state index contributed by atoms with van der Waals surface area (Å²) in [6, 6.07) is 1.46. The molecule has 0 bridgehead atoms. The number of nitrogens with two attached hydrogens (primary N) is 1. The fourth-order valence-electron chi connectivity index (χ4n) is 1.63. The van der Waals surface area contributed by atoms with Gasteiger partial charge in [0.1, 0.15) is 12.0 Å². The molecule has 1 aromatic heterocycles. The highest BCUT2D eigenvalue weighted by atomic mass is 19.1. The zero-order valence-corrected chi connectivity index (χ0v) is 8.67. The third kappa shape index (κ3) is 1.91. The molecule has 0 saturated carbocycles. The summed E-state index contributed by atoms with van der Waals surface area (Å²) in [5.41, 5.74) is 4.78. The largest absolute Gasteiger partial charge is 0.383 e. The first kappa shape index (κ1) is 11.0. The van der Waals surface area contributed by atoms with Crippen molar-refractivity contribution in [3.63, 3.8) is 0 Å². The van der Waals surface area contributed by atoms with Crippen LogP contribution in [0.1, 0.15) is 12.6 Å². The molecule has 3 atom stereocenters. The van der Waals surface area contributed by atoms with Gasteiger partial charge in [-0.1, -0.05) is 0 Å². The van der Waals surface area contributed by atoms with E-state index in [0.717, 1.165) is 0 Å². The molecule has 7 heteroatoms. The molecule has 1 aromatic rings. The number of anilines is 1. The molecule has 88 valence electrons. The summed E-state index contributed by atoms with van der Waals surface area (Å²) < 4.78 is 24.5. The minimum atomic E-state index is -1.25. The van der Waals surface area contributed by atoms with Crippen molar-refractivity contribution in [2.24, 2.45) is 0 Å². The number of aromatic nitrogens is 2. The van der Waals surface area contributed by atoms with Gasteiger partial charge in [-0.05, 0) is 6.07 Å². The molecular weight excluding hydrogens is 217 g/mol. The molecule has 3 unspecified atom stereocenters. The van der Waals surface area contributed by atoms with E-state index in [0.29, 0.717) is 0 Å². The summed E-state index contributed by atoms with van der Waals surface area (Å²) in [5.74, 6) is 0.124. The normalized spacial score (nSPS) is 29.5. The Kier molecular flexibility index (Phi) is 2.88. The highest BCUT2D eigenvalue weighted by Gasteiger charge is 2.36. The van der Waals surface area contributed by atoms with E-state index in [4.69, 9.17) is 15.2 Å². The van der Waals surface area contributed by atoms with Gasteiger partial charge in [0.15, 0.2) is 12.5 Å². The predicted molar refractivity (Wildman–Crippen MR) is 53.3 cm³/mol. The van der Waals surface area contributed by atoms with Gasteiger partial charge < -0.3 is 15.2 Å². The highest BCUT2D eigenvalue weighted by Crippen LogP contribution is 2.29. The lowest BCUT2D eigenvalue weighted by Gasteiger charge is -2.13. The van der Waals surface area contributed by atoms with Crippen molar-refractivity contribution in [3.8, 4) is 0 Å². The second-order valence-electron chi connectivity index (χ2n) is 3.49. The van der Waals surface area contributed by atoms with Crippen molar-refractivity contribution >= 4 is 5.82 Å². The van der Waals surface area contributed by atoms with E-state index in [2.05, 4.69) is 4.98 Å². The summed E-state index contributed by atoms with van der Waals surface area (Å²) in [6.45, 7) is 0. The van der Waals surface area contributed by atoms with E-state index in [-0.39, 0.29) is 12.2 Å². The van der Waals surface area contributed by atoms with Crippen LogP contribution in [0.5, 0.6) is 0 Å². The standard InChI is InChI=1S/C9H12FN3O3/c1-15-8-5(10)4-7(16-8)13-3-2-6(11)12-9(13)14/h2-3,5,7-8H,4H2,1H3,(H2,11,12,14). The zero-order valence-electron chi connectivity index (χ0n) is 8.67. The summed E-state index contributed by atoms with van der Waals surface area (Å²) in [7, 11) is 1.35. The van der Waals surface area contributed by atoms with Crippen LogP contribution in [0.25, 0.3) is 0 Å². The van der Waals surface area contributed by atoms with Crippen LogP contribution in [-0.4, -0.2) is 29.1 Å². The van der Waals surface area contributed by atoms with Gasteiger partial charge in [0.25, 0.3) is 0 Å². The van der Waals surface area contributed by atoms with Crippen LogP contribution in [0.3, 0.4) is 0 Å². The number of nitrogen functional groups attached to an aromatic ring is 1. The van der Waals surface area contributed by atoms with E-state index < -0.39 is 24.4 Å². The molecule has 1 saturated heterocycles. The fraction of sp³-hybridized carbons (Fsp3) is 0.556. The maximum atomic E-state index is 13.3. The van der Waals surface area contributed by atoms with Gasteiger partial charge in [-0.2, -0.15) is 4.98 Å². The Morgan fingerprint density at radius 2 is 2.50 bits per heavy atom. The van der Waals surface area contributed by atoms with Crippen LogP contribution in [0.2, 0.25) is 0 Å². The molecule has 0 aromatic carbocycles. The van der Waals surface area contributed by atoms with Crippen LogP contribution >= 0.6 is 0 Å². The van der Waals surface area contributed by atoms with E-state index in [1.54, 1.807) is 0 Å². The second-order valence-corrected chi connectivity index (χ2v) is 3.49. The lowest BCUT2D eigenvalue weighted by molar-refractivity contribution is -0.150. The van der Waals surface area contributed by atoms with Crippen LogP contribution in [-0.2, 0) is 9.47 Å². The van der Waals surface area contributed by atoms with Gasteiger partial charge in [-0.25, -0.2) is 9.18 Å². The molecule has 0 amide bonds. The van der Waals surface area contributed by atoms with E-state index >= 15 is 0 Å². The van der Waals surface area contributed by atoms with Crippen LogP contribution in [0, 0.1) is 0 Å². The van der Waals surface area contributed by atoms with Crippen LogP contribution in [0.15, 0.2) is 17.1 Å². The topological polar surface area (TPSA) is 79.4 Å². The Hall–Kier alpha value is -1.47. The molecule has 1 aliphatic rings. The molecule has 1 fully saturated rings. The Balaban J connectivity index is 2.23. The molecular formula is C9H12FN3O3. The van der Waals surface area contributed by atoms with Crippen molar-refractivity contribution in [1.82, 2.24) is 9.55 Å². The average Bonchev–Trinajstić information content (AvgIpc) is 2.59. The van der Waals surface area contributed by atoms with Gasteiger partial charge in [-0.15, -0.1) is 0 Å². The number of nitrogens with zero attached hydrogens (tertiary/aromatic N) is 2. The summed E-state index contributed by atoms with van der Waals surface area (Å²) >= 11 is 0. The van der Waals surface area contributed by atoms with Crippen molar-refractivity contribution in [2.45, 2.75) is 25.1 Å². The Bertz CT molecular complexity index is 436. The van der Waals surface area contributed by atoms with E-state index in [9.17, 15) is 9.18 Å². The van der Waals surface area contributed by atoms with Gasteiger partial charge in [0.2, 0.25) is 0 Å². The van der Waals surface area contributed by atoms with Gasteiger partial charge in [0.05, 0.1) is 0 Å². The number of hydrogen-bond acceptors (Lipinski definition) is 5. The highest BCUT2D eigenvalue weighted by molar-refractivity contribution is 5.23. The molecule has 0 aliphatic carbocycles. The first-order valence-electron chi connectivity index (χ1n) is 4.79. The Labute approximate surface area is 90.8 Å². The van der Waals surface area contributed by atoms with Gasteiger partial charge in [0, 0.05) is 19.7 Å². The third-order valence-corrected chi connectivity index (χ3v) is 2.41. The number of alkyl halides is 1. The van der Waals surface area contributed by atoms with Crippen LogP contribution in [0.4, 0.5) is 10.2 Å². The minimum Gasteiger partial charge on any atom is -0.383 e. The average molecular weight is 229 g/mol. The SMILES string of the molecule is COC1OC(n2ccc(N)nc2=O)CC1F. The Morgan fingerprint density at radius 3 is 3.06 bits per heavy atom. The van der Waals surface area contributed by atoms with E-state index in [1.807, 2.05) is 0 Å². The zero-order chi connectivity index (χ0) is 11.7. The number of methoxy groups -OCH3 is 1. The molecule has 0 radical (unpaired) electrons. The van der Waals surface area contributed by atoms with Crippen molar-refractivity contribution in [1.29, 1.82) is 0 Å². The maximum absolute atomic E-state index is 13.3. The summed E-state index contributed by atoms with van der Waals surface area (Å²) in [5, 5.41) is 0. The molecule has 2 heterocycles. The minimum absolute atomic E-state index is 0.0595. The maximum Gasteiger partial charge on any atom is 0.351 e. The molecule has 1 aliphatic heterocycles. The molecule has 0 spiro atoms. The number of hydrogen-bond donors (Lipinski definition) is 1. The Morgan fingerprint density at radius 1 is 1.75 bits per heavy atom. The molecule has 16 heavy (non-hydrogen) atoms. The number of halogens is 1. The van der Waals surface area contributed by atoms with Crippen molar-refractivity contribution < 1.29 is 13.9 Å². The first-order chi connectivity index (χ1) is 7.61. The van der Waals surface area contributed by atoms with Crippen molar-refractivity contribution in [3.05, 3.63) is 22.7 Å². The quantitative estimate of drug-likeness (QED) is 0.775. The predicted octanol–water partition coefficient (Wildman–Crippen LogP) is 0.0550. The number of rotatable bonds is 2. The van der Waals surface area contributed by atoms with Crippen LogP contribution < -0.4 is 11.4 Å².